The average molecular weight is 2050 g/mol. The maximum Gasteiger partial charge on any atom is 0.357 e. The Balaban J connectivity index is 0.000000129. The normalized spacial score (nSPS) is 13.3. The lowest BCUT2D eigenvalue weighted by Crippen LogP contribution is -2.25. The minimum atomic E-state index is -1.17. The number of carbonyl (C=O) groups excluding carboxylic acids is 7. The molecule has 5 aliphatic heterocycles. The van der Waals surface area contributed by atoms with Crippen molar-refractivity contribution in [2.45, 2.75) is 60.4 Å². The summed E-state index contributed by atoms with van der Waals surface area (Å²) in [6.45, 7) is 8.27. The summed E-state index contributed by atoms with van der Waals surface area (Å²) in [6.07, 6.45) is 3.28. The van der Waals surface area contributed by atoms with E-state index in [4.69, 9.17) is 20.9 Å². The van der Waals surface area contributed by atoms with Gasteiger partial charge in [0.05, 0.1) is 114 Å². The number of rotatable bonds is 4. The van der Waals surface area contributed by atoms with Gasteiger partial charge in [0.2, 0.25) is 11.9 Å². The number of nitrogens with one attached hydrogen (secondary N) is 9. The van der Waals surface area contributed by atoms with Crippen molar-refractivity contribution in [3.63, 3.8) is 0 Å². The molecule has 14 N–H and O–H groups in total. The second kappa shape index (κ2) is 31.0. The molecule has 10 aromatic rings. The number of carbonyl (C=O) groups is 8. The zero-order chi connectivity index (χ0) is 74.6. The zero-order valence-corrected chi connectivity index (χ0v) is 69.1. The number of nitrogens with two attached hydrogens (primary N) is 2. The minimum absolute atomic E-state index is 0.0991. The standard InChI is InChI=1S/C14H12Br2N4O3.C13H10Br2N4O3.C12H8Br2N4O3.C11H9Br2N5O.C10H7Br2N5O/c1-3-23-14(22)11-7-6(18-5(2)19-11)4-17-13(21)10-8(7)9(15)12(16)20-10;1-4-17-5-3-16-12(20)9-7(8(14)11(15)19-9)6(5)10(18-4)13(21)22-2;1-3-16-4-2-15-11(19)8-6(7(13)10(14)18-8)5(4)9(17-3)12(20)21;1-18-3-4-2-15-11(14)17-7(4)5-6(12)9(13)16-8(5)10(18)19;11-6-5-3-1-15-10(13)16-4(3)2-14-9(18)7(5)17-8(6)12/h20H,3-4H2,1-2H3,(H,17,21);19H,3H2,1-2H3,(H,16,20);18H,2H2,1H3,(H,15,19)(H,20,21);2,16H,3H2,1H3,(H2,14,15,17);1,17H,2H2,(H,14,18)(H2,13,15,16). The lowest BCUT2D eigenvalue weighted by atomic mass is 10.0. The number of aromatic nitrogens is 15. The Hall–Kier alpha value is -8.04. The monoisotopic (exact) mass is 2040 g/mol. The van der Waals surface area contributed by atoms with Gasteiger partial charge in [-0.3, -0.25) is 24.0 Å². The summed E-state index contributed by atoms with van der Waals surface area (Å²) in [4.78, 5) is 155. The molecule has 0 bridgehead atoms. The second-order valence-electron chi connectivity index (χ2n) is 21.9. The van der Waals surface area contributed by atoms with Crippen molar-refractivity contribution in [1.29, 1.82) is 0 Å². The number of aryl methyl sites for hydroxylation is 3. The number of methoxy groups -OCH3 is 1. The highest BCUT2D eigenvalue weighted by atomic mass is 79.9. The Morgan fingerprint density at radius 2 is 0.835 bits per heavy atom. The number of aromatic carboxylic acids is 1. The molecule has 0 atom stereocenters. The molecular weight excluding hydrogens is 2000 g/mol. The van der Waals surface area contributed by atoms with E-state index in [9.17, 15) is 43.5 Å². The van der Waals surface area contributed by atoms with E-state index in [0.29, 0.717) is 157 Å². The van der Waals surface area contributed by atoms with E-state index >= 15 is 0 Å². The Kier molecular flexibility index (Phi) is 22.9. The molecule has 0 radical (unpaired) electrons. The first-order valence-corrected chi connectivity index (χ1v) is 37.4. The van der Waals surface area contributed by atoms with Crippen LogP contribution in [0.15, 0.2) is 57.8 Å². The highest BCUT2D eigenvalue weighted by Gasteiger charge is 2.37. The summed E-state index contributed by atoms with van der Waals surface area (Å²) in [5, 5.41) is 20.4. The van der Waals surface area contributed by atoms with Crippen LogP contribution in [0.1, 0.15) is 137 Å². The largest absolute Gasteiger partial charge is 0.476 e. The fourth-order valence-electron chi connectivity index (χ4n) is 11.1. The third kappa shape index (κ3) is 14.9. The van der Waals surface area contributed by atoms with Crippen LogP contribution < -0.4 is 32.7 Å². The molecule has 0 saturated carbocycles. The highest BCUT2D eigenvalue weighted by molar-refractivity contribution is 9.14. The SMILES string of the molecule is CCOC(=O)c1nc(C)nc2c1-c1c([nH]c(Br)c1Br)C(=O)NC2.CN1Cc2cnc(N)nc2-c2c([nH]c(Br)c2Br)C1=O.COC(=O)c1nc(C)nc2c1-c1c([nH]c(Br)c1Br)C(=O)NC2.Cc1nc2c(c(C(=O)O)n1)-c1c([nH]c(Br)c1Br)C(=O)NC2.Nc1ncc2c(n1)CNC(=O)c1[nH]c(Br)c(Br)c1-2. The number of carboxylic acid groups (broad SMARTS) is 1. The van der Waals surface area contributed by atoms with Gasteiger partial charge in [-0.15, -0.1) is 0 Å². The number of amides is 5. The van der Waals surface area contributed by atoms with E-state index in [0.717, 1.165) is 25.6 Å². The number of aromatic amines is 5. The molecule has 15 heterocycles. The summed E-state index contributed by atoms with van der Waals surface area (Å²) in [5.41, 5.74) is 22.2. The maximum atomic E-state index is 12.3. The first-order chi connectivity index (χ1) is 48.8. The fraction of sp³-hybridized carbons (Fsp3) is 0.200. The van der Waals surface area contributed by atoms with E-state index in [1.165, 1.54) is 7.11 Å². The molecule has 5 aliphatic rings. The van der Waals surface area contributed by atoms with Crippen molar-refractivity contribution >= 4 is 219 Å². The molecule has 43 heteroatoms. The van der Waals surface area contributed by atoms with Crippen molar-refractivity contribution in [2.24, 2.45) is 0 Å². The lowest BCUT2D eigenvalue weighted by molar-refractivity contribution is 0.0517. The van der Waals surface area contributed by atoms with Gasteiger partial charge in [-0.2, -0.15) is 0 Å². The molecule has 0 fully saturated rings. The first kappa shape index (κ1) is 76.1. The van der Waals surface area contributed by atoms with Crippen LogP contribution in [0.4, 0.5) is 11.9 Å². The van der Waals surface area contributed by atoms with Crippen molar-refractivity contribution in [2.75, 3.05) is 32.2 Å². The van der Waals surface area contributed by atoms with E-state index in [1.807, 2.05) is 0 Å². The number of hydrogen-bond acceptors (Lipinski definition) is 22. The molecule has 103 heavy (non-hydrogen) atoms. The average Bonchev–Trinajstić information content (AvgIpc) is 1.66. The van der Waals surface area contributed by atoms with Gasteiger partial charge in [-0.25, -0.2) is 64.2 Å². The van der Waals surface area contributed by atoms with Gasteiger partial charge < -0.3 is 77.1 Å². The van der Waals surface area contributed by atoms with E-state index < -0.39 is 17.9 Å². The van der Waals surface area contributed by atoms with Crippen LogP contribution in [0.25, 0.3) is 55.8 Å². The topological polar surface area (TPSA) is 486 Å². The number of carboxylic acids is 1. The summed E-state index contributed by atoms with van der Waals surface area (Å²) >= 11 is 33.8. The molecule has 0 aromatic carbocycles. The third-order valence-corrected chi connectivity index (χ3v) is 25.0. The predicted octanol–water partition coefficient (Wildman–Crippen LogP) is 11.3. The molecule has 0 unspecified atom stereocenters. The van der Waals surface area contributed by atoms with Gasteiger partial charge >= 0.3 is 17.9 Å². The molecule has 10 aromatic heterocycles. The van der Waals surface area contributed by atoms with Gasteiger partial charge in [-0.05, 0) is 187 Å². The number of ether oxygens (including phenoxy) is 2. The van der Waals surface area contributed by atoms with Crippen molar-refractivity contribution in [3.05, 3.63) is 149 Å². The highest BCUT2D eigenvalue weighted by Crippen LogP contribution is 2.46. The Morgan fingerprint density at radius 1 is 0.476 bits per heavy atom. The Morgan fingerprint density at radius 3 is 1.26 bits per heavy atom. The number of anilines is 2. The van der Waals surface area contributed by atoms with E-state index in [-0.39, 0.29) is 90.4 Å². The van der Waals surface area contributed by atoms with Gasteiger partial charge in [-0.1, -0.05) is 0 Å². The number of nitrogens with zero attached hydrogens (tertiary/aromatic N) is 11. The minimum Gasteiger partial charge on any atom is -0.476 e. The lowest BCUT2D eigenvalue weighted by Gasteiger charge is -2.14. The van der Waals surface area contributed by atoms with Gasteiger partial charge in [0.25, 0.3) is 29.5 Å². The van der Waals surface area contributed by atoms with Crippen LogP contribution in [0.2, 0.25) is 0 Å². The fourth-order valence-corrected chi connectivity index (χ4v) is 15.6. The number of halogens is 10. The Bertz CT molecular complexity index is 5300. The van der Waals surface area contributed by atoms with Gasteiger partial charge in [0, 0.05) is 81.6 Å². The van der Waals surface area contributed by atoms with Crippen LogP contribution in [0, 0.1) is 20.8 Å². The summed E-state index contributed by atoms with van der Waals surface area (Å²) in [7, 11) is 3.02. The second-order valence-corrected chi connectivity index (χ2v) is 29.9. The third-order valence-electron chi connectivity index (χ3n) is 15.4. The van der Waals surface area contributed by atoms with Crippen molar-refractivity contribution in [1.82, 2.24) is 101 Å². The molecule has 5 amide bonds. The smallest absolute Gasteiger partial charge is 0.357 e. The summed E-state index contributed by atoms with van der Waals surface area (Å²) < 4.78 is 16.4. The van der Waals surface area contributed by atoms with E-state index in [2.05, 4.69) is 255 Å². The van der Waals surface area contributed by atoms with Crippen molar-refractivity contribution in [3.8, 4) is 55.8 Å². The summed E-state index contributed by atoms with van der Waals surface area (Å²) in [6, 6.07) is 0. The molecule has 15 rings (SSSR count). The molecule has 0 spiro atoms. The van der Waals surface area contributed by atoms with Gasteiger partial charge in [0.15, 0.2) is 17.1 Å². The van der Waals surface area contributed by atoms with Gasteiger partial charge in [0.1, 0.15) is 45.9 Å². The number of esters is 2. The molecular formula is C60H46Br10N22O11. The van der Waals surface area contributed by atoms with Crippen LogP contribution >= 0.6 is 159 Å². The van der Waals surface area contributed by atoms with Crippen LogP contribution in [0.5, 0.6) is 0 Å². The predicted molar refractivity (Wildman–Crippen MR) is 404 cm³/mol. The van der Waals surface area contributed by atoms with E-state index in [1.54, 1.807) is 52.0 Å². The Labute approximate surface area is 663 Å². The first-order valence-electron chi connectivity index (χ1n) is 29.4. The molecule has 0 aliphatic carbocycles. The number of nitrogen functional groups attached to an aromatic ring is 2. The summed E-state index contributed by atoms with van der Waals surface area (Å²) in [5.74, 6) is -1.87. The molecule has 532 valence electrons. The number of fused-ring (bicyclic) bond motifs is 15. The maximum absolute atomic E-state index is 12.3. The molecule has 33 nitrogen and oxygen atoms in total. The van der Waals surface area contributed by atoms with Crippen molar-refractivity contribution < 1.29 is 52.9 Å². The van der Waals surface area contributed by atoms with Crippen LogP contribution in [-0.4, -0.2) is 153 Å². The molecule has 0 saturated heterocycles. The quantitative estimate of drug-likeness (QED) is 0.0728. The number of hydrogen-bond donors (Lipinski definition) is 12. The number of H-pyrrole nitrogens is 5. The zero-order valence-electron chi connectivity index (χ0n) is 53.3. The van der Waals surface area contributed by atoms with Crippen LogP contribution in [0.3, 0.4) is 0 Å². The van der Waals surface area contributed by atoms with Crippen LogP contribution in [-0.2, 0) is 42.2 Å².